The fraction of sp³-hybridized carbons (Fsp3) is 0.625. The molecule has 1 aliphatic heterocycles. The molecule has 1 atom stereocenters. The van der Waals surface area contributed by atoms with Gasteiger partial charge in [0.2, 0.25) is 0 Å². The van der Waals surface area contributed by atoms with Crippen LogP contribution in [0.1, 0.15) is 31.7 Å². The molecule has 1 aliphatic rings. The van der Waals surface area contributed by atoms with Crippen molar-refractivity contribution in [3.63, 3.8) is 0 Å². The molecule has 0 bridgehead atoms. The lowest BCUT2D eigenvalue weighted by Crippen LogP contribution is -2.36. The Kier molecular flexibility index (Phi) is 6.63. The molecule has 0 aliphatic carbocycles. The maximum Gasteiger partial charge on any atom is 0.0465 e. The SMILES string of the molecule is CC(CNCc1ccc(Cl)cc1Cl)CN1CCCCC1. The van der Waals surface area contributed by atoms with E-state index in [4.69, 9.17) is 23.2 Å². The van der Waals surface area contributed by atoms with E-state index in [1.54, 1.807) is 6.07 Å². The van der Waals surface area contributed by atoms with Crippen molar-refractivity contribution in [1.82, 2.24) is 10.2 Å². The van der Waals surface area contributed by atoms with Crippen molar-refractivity contribution in [2.45, 2.75) is 32.7 Å². The lowest BCUT2D eigenvalue weighted by Gasteiger charge is -2.29. The number of likely N-dealkylation sites (tertiary alicyclic amines) is 1. The van der Waals surface area contributed by atoms with Gasteiger partial charge in [-0.05, 0) is 56.1 Å². The van der Waals surface area contributed by atoms with Crippen molar-refractivity contribution in [3.8, 4) is 0 Å². The van der Waals surface area contributed by atoms with Gasteiger partial charge in [-0.3, -0.25) is 0 Å². The number of rotatable bonds is 6. The lowest BCUT2D eigenvalue weighted by atomic mass is 10.1. The molecule has 0 saturated carbocycles. The predicted octanol–water partition coefficient (Wildman–Crippen LogP) is 4.21. The second-order valence-corrected chi connectivity index (χ2v) is 6.68. The van der Waals surface area contributed by atoms with E-state index in [9.17, 15) is 0 Å². The van der Waals surface area contributed by atoms with Gasteiger partial charge in [0.25, 0.3) is 0 Å². The van der Waals surface area contributed by atoms with E-state index in [2.05, 4.69) is 17.1 Å². The fourth-order valence-electron chi connectivity index (χ4n) is 2.77. The van der Waals surface area contributed by atoms with E-state index in [0.29, 0.717) is 10.9 Å². The Morgan fingerprint density at radius 3 is 2.65 bits per heavy atom. The summed E-state index contributed by atoms with van der Waals surface area (Å²) in [5.74, 6) is 0.666. The highest BCUT2D eigenvalue weighted by Gasteiger charge is 2.13. The van der Waals surface area contributed by atoms with E-state index in [0.717, 1.165) is 23.7 Å². The number of hydrogen-bond acceptors (Lipinski definition) is 2. The number of piperidine rings is 1. The number of nitrogens with one attached hydrogen (secondary N) is 1. The number of nitrogens with zero attached hydrogens (tertiary/aromatic N) is 1. The average molecular weight is 315 g/mol. The number of hydrogen-bond donors (Lipinski definition) is 1. The molecule has 2 nitrogen and oxygen atoms in total. The Morgan fingerprint density at radius 1 is 1.20 bits per heavy atom. The van der Waals surface area contributed by atoms with Crippen LogP contribution in [-0.2, 0) is 6.54 Å². The molecule has 2 rings (SSSR count). The second kappa shape index (κ2) is 8.23. The summed E-state index contributed by atoms with van der Waals surface area (Å²) in [7, 11) is 0. The van der Waals surface area contributed by atoms with Gasteiger partial charge in [-0.2, -0.15) is 0 Å². The largest absolute Gasteiger partial charge is 0.312 e. The van der Waals surface area contributed by atoms with Gasteiger partial charge >= 0.3 is 0 Å². The molecular weight excluding hydrogens is 291 g/mol. The summed E-state index contributed by atoms with van der Waals surface area (Å²) in [6.45, 7) is 7.88. The quantitative estimate of drug-likeness (QED) is 0.846. The predicted molar refractivity (Wildman–Crippen MR) is 87.6 cm³/mol. The first-order valence-electron chi connectivity index (χ1n) is 7.52. The molecule has 0 amide bonds. The molecule has 0 radical (unpaired) electrons. The molecule has 1 fully saturated rings. The molecule has 1 heterocycles. The molecule has 0 spiro atoms. The molecule has 1 N–H and O–H groups in total. The molecule has 1 aromatic rings. The maximum absolute atomic E-state index is 6.17. The fourth-order valence-corrected chi connectivity index (χ4v) is 3.24. The van der Waals surface area contributed by atoms with Crippen LogP contribution in [0.25, 0.3) is 0 Å². The minimum atomic E-state index is 0.666. The van der Waals surface area contributed by atoms with Crippen molar-refractivity contribution >= 4 is 23.2 Å². The number of benzene rings is 1. The first-order chi connectivity index (χ1) is 9.65. The third-order valence-electron chi connectivity index (χ3n) is 3.84. The molecule has 20 heavy (non-hydrogen) atoms. The smallest absolute Gasteiger partial charge is 0.0465 e. The Bertz CT molecular complexity index is 417. The minimum absolute atomic E-state index is 0.666. The Labute approximate surface area is 132 Å². The van der Waals surface area contributed by atoms with Gasteiger partial charge in [-0.15, -0.1) is 0 Å². The lowest BCUT2D eigenvalue weighted by molar-refractivity contribution is 0.199. The summed E-state index contributed by atoms with van der Waals surface area (Å²) in [5.41, 5.74) is 1.11. The zero-order valence-electron chi connectivity index (χ0n) is 12.2. The van der Waals surface area contributed by atoms with Crippen LogP contribution in [0.5, 0.6) is 0 Å². The average Bonchev–Trinajstić information content (AvgIpc) is 2.42. The number of halogens is 2. The highest BCUT2D eigenvalue weighted by molar-refractivity contribution is 6.35. The van der Waals surface area contributed by atoms with Crippen LogP contribution in [-0.4, -0.2) is 31.1 Å². The van der Waals surface area contributed by atoms with E-state index in [1.165, 1.54) is 38.9 Å². The summed E-state index contributed by atoms with van der Waals surface area (Å²) in [4.78, 5) is 2.59. The molecule has 1 aromatic carbocycles. The normalized spacial score (nSPS) is 18.1. The standard InChI is InChI=1S/C16H24Cl2N2/c1-13(12-20-7-3-2-4-8-20)10-19-11-14-5-6-15(17)9-16(14)18/h5-6,9,13,19H,2-4,7-8,10-12H2,1H3. The van der Waals surface area contributed by atoms with Gasteiger partial charge < -0.3 is 10.2 Å². The molecule has 4 heteroatoms. The summed E-state index contributed by atoms with van der Waals surface area (Å²) < 4.78 is 0. The van der Waals surface area contributed by atoms with Gasteiger partial charge in [0.15, 0.2) is 0 Å². The van der Waals surface area contributed by atoms with Gasteiger partial charge in [0, 0.05) is 23.1 Å². The summed E-state index contributed by atoms with van der Waals surface area (Å²) in [5, 5.41) is 4.93. The van der Waals surface area contributed by atoms with Gasteiger partial charge in [0.05, 0.1) is 0 Å². The van der Waals surface area contributed by atoms with Crippen LogP contribution < -0.4 is 5.32 Å². The van der Waals surface area contributed by atoms with Crippen molar-refractivity contribution in [2.75, 3.05) is 26.2 Å². The van der Waals surface area contributed by atoms with Crippen LogP contribution in [0.3, 0.4) is 0 Å². The topological polar surface area (TPSA) is 15.3 Å². The zero-order valence-corrected chi connectivity index (χ0v) is 13.7. The highest BCUT2D eigenvalue weighted by atomic mass is 35.5. The highest BCUT2D eigenvalue weighted by Crippen LogP contribution is 2.20. The van der Waals surface area contributed by atoms with Gasteiger partial charge in [0.1, 0.15) is 0 Å². The minimum Gasteiger partial charge on any atom is -0.312 e. The van der Waals surface area contributed by atoms with E-state index < -0.39 is 0 Å². The molecule has 1 saturated heterocycles. The second-order valence-electron chi connectivity index (χ2n) is 5.83. The first-order valence-corrected chi connectivity index (χ1v) is 8.28. The Morgan fingerprint density at radius 2 is 1.95 bits per heavy atom. The van der Waals surface area contributed by atoms with E-state index in [1.807, 2.05) is 12.1 Å². The van der Waals surface area contributed by atoms with E-state index >= 15 is 0 Å². The maximum atomic E-state index is 6.17. The van der Waals surface area contributed by atoms with Gasteiger partial charge in [-0.25, -0.2) is 0 Å². The summed E-state index contributed by atoms with van der Waals surface area (Å²) in [6, 6.07) is 5.69. The van der Waals surface area contributed by atoms with Crippen LogP contribution in [0.15, 0.2) is 18.2 Å². The molecular formula is C16H24Cl2N2. The van der Waals surface area contributed by atoms with Crippen LogP contribution in [0.2, 0.25) is 10.0 Å². The van der Waals surface area contributed by atoms with Crippen molar-refractivity contribution in [1.29, 1.82) is 0 Å². The molecule has 112 valence electrons. The van der Waals surface area contributed by atoms with Crippen molar-refractivity contribution < 1.29 is 0 Å². The van der Waals surface area contributed by atoms with Crippen LogP contribution >= 0.6 is 23.2 Å². The first kappa shape index (κ1) is 16.1. The Balaban J connectivity index is 1.69. The van der Waals surface area contributed by atoms with E-state index in [-0.39, 0.29) is 0 Å². The third kappa shape index (κ3) is 5.25. The third-order valence-corrected chi connectivity index (χ3v) is 4.43. The Hall–Kier alpha value is -0.280. The van der Waals surface area contributed by atoms with Crippen molar-refractivity contribution in [3.05, 3.63) is 33.8 Å². The van der Waals surface area contributed by atoms with Crippen LogP contribution in [0.4, 0.5) is 0 Å². The summed E-state index contributed by atoms with van der Waals surface area (Å²) in [6.07, 6.45) is 4.12. The van der Waals surface area contributed by atoms with Gasteiger partial charge in [-0.1, -0.05) is 42.6 Å². The summed E-state index contributed by atoms with van der Waals surface area (Å²) >= 11 is 12.1. The monoisotopic (exact) mass is 314 g/mol. The zero-order chi connectivity index (χ0) is 14.4. The molecule has 1 unspecified atom stereocenters. The van der Waals surface area contributed by atoms with Crippen LogP contribution in [0, 0.1) is 5.92 Å². The molecule has 0 aromatic heterocycles. The van der Waals surface area contributed by atoms with Crippen molar-refractivity contribution in [2.24, 2.45) is 5.92 Å².